The van der Waals surface area contributed by atoms with Gasteiger partial charge in [0.15, 0.2) is 12.4 Å². The van der Waals surface area contributed by atoms with Crippen molar-refractivity contribution in [1.29, 1.82) is 0 Å². The van der Waals surface area contributed by atoms with E-state index in [0.717, 1.165) is 10.7 Å². The Hall–Kier alpha value is -3.07. The van der Waals surface area contributed by atoms with Gasteiger partial charge < -0.3 is 9.15 Å². The van der Waals surface area contributed by atoms with E-state index in [1.807, 2.05) is 6.07 Å². The van der Waals surface area contributed by atoms with E-state index in [4.69, 9.17) is 32.4 Å². The van der Waals surface area contributed by atoms with E-state index >= 15 is 0 Å². The van der Waals surface area contributed by atoms with Gasteiger partial charge >= 0.3 is 5.97 Å². The highest BCUT2D eigenvalue weighted by molar-refractivity contribution is 7.99. The topological polar surface area (TPSA) is 93.9 Å². The molecule has 1 fully saturated rings. The van der Waals surface area contributed by atoms with Gasteiger partial charge in [-0.2, -0.15) is 0 Å². The van der Waals surface area contributed by atoms with E-state index in [1.165, 1.54) is 54.2 Å². The SMILES string of the molecule is O=C(COC(=O)c1ccc(N2C(=O)CC(SCc3ccco3)C2=O)cc1)c1ccc(Cl)c(Cl)c1. The normalized spacial score (nSPS) is 15.6. The molecule has 0 aliphatic carbocycles. The van der Waals surface area contributed by atoms with Crippen molar-refractivity contribution in [3.8, 4) is 0 Å². The molecule has 0 bridgehead atoms. The van der Waals surface area contributed by atoms with Gasteiger partial charge in [0.2, 0.25) is 11.8 Å². The van der Waals surface area contributed by atoms with Crippen LogP contribution in [0.3, 0.4) is 0 Å². The average Bonchev–Trinajstić information content (AvgIpc) is 3.45. The Morgan fingerprint density at radius 3 is 2.44 bits per heavy atom. The van der Waals surface area contributed by atoms with Crippen LogP contribution in [-0.2, 0) is 20.1 Å². The molecule has 1 aromatic heterocycles. The maximum Gasteiger partial charge on any atom is 0.338 e. The predicted molar refractivity (Wildman–Crippen MR) is 128 cm³/mol. The highest BCUT2D eigenvalue weighted by Crippen LogP contribution is 2.31. The summed E-state index contributed by atoms with van der Waals surface area (Å²) in [5, 5.41) is 0.0318. The number of Topliss-reactive ketones (excluding diaryl/α,β-unsaturated/α-hetero) is 1. The third kappa shape index (κ3) is 5.35. The first-order valence-electron chi connectivity index (χ1n) is 10.1. The summed E-state index contributed by atoms with van der Waals surface area (Å²) in [6.07, 6.45) is 1.64. The van der Waals surface area contributed by atoms with Crippen molar-refractivity contribution < 1.29 is 28.3 Å². The second kappa shape index (κ2) is 10.5. The molecule has 3 aromatic rings. The van der Waals surface area contributed by atoms with Crippen LogP contribution < -0.4 is 4.90 Å². The standard InChI is InChI=1S/C24H17Cl2NO6S/c25-18-8-5-15(10-19(18)26)20(28)12-33-24(31)14-3-6-16(7-4-14)27-22(29)11-21(23(27)30)34-13-17-2-1-9-32-17/h1-10,21H,11-13H2. The number of carbonyl (C=O) groups excluding carboxylic acids is 4. The van der Waals surface area contributed by atoms with Gasteiger partial charge in [-0.15, -0.1) is 11.8 Å². The molecule has 1 aliphatic heterocycles. The number of hydrogen-bond donors (Lipinski definition) is 0. The molecule has 1 unspecified atom stereocenters. The van der Waals surface area contributed by atoms with Crippen LogP contribution in [0.25, 0.3) is 0 Å². The van der Waals surface area contributed by atoms with Crippen LogP contribution in [0.15, 0.2) is 65.3 Å². The van der Waals surface area contributed by atoms with Crippen LogP contribution in [0, 0.1) is 0 Å². The van der Waals surface area contributed by atoms with Crippen molar-refractivity contribution >= 4 is 64.2 Å². The number of furan rings is 1. The molecular weight excluding hydrogens is 501 g/mol. The zero-order valence-corrected chi connectivity index (χ0v) is 19.9. The highest BCUT2D eigenvalue weighted by Gasteiger charge is 2.39. The van der Waals surface area contributed by atoms with Gasteiger partial charge in [-0.1, -0.05) is 23.2 Å². The zero-order valence-electron chi connectivity index (χ0n) is 17.5. The molecule has 0 spiro atoms. The van der Waals surface area contributed by atoms with Gasteiger partial charge in [-0.05, 0) is 54.6 Å². The van der Waals surface area contributed by atoms with E-state index in [-0.39, 0.29) is 34.4 Å². The van der Waals surface area contributed by atoms with E-state index in [1.54, 1.807) is 12.3 Å². The van der Waals surface area contributed by atoms with E-state index in [0.29, 0.717) is 16.5 Å². The number of carbonyl (C=O) groups is 4. The molecule has 0 radical (unpaired) electrons. The van der Waals surface area contributed by atoms with E-state index < -0.39 is 23.6 Å². The summed E-state index contributed by atoms with van der Waals surface area (Å²) in [6, 6.07) is 13.8. The quantitative estimate of drug-likeness (QED) is 0.230. The molecule has 1 atom stereocenters. The Bertz CT molecular complexity index is 1240. The molecule has 7 nitrogen and oxygen atoms in total. The summed E-state index contributed by atoms with van der Waals surface area (Å²) < 4.78 is 10.3. The number of imide groups is 1. The summed E-state index contributed by atoms with van der Waals surface area (Å²) in [5.41, 5.74) is 0.802. The number of thioether (sulfide) groups is 1. The lowest BCUT2D eigenvalue weighted by Crippen LogP contribution is -2.31. The predicted octanol–water partition coefficient (Wildman–Crippen LogP) is 5.19. The number of esters is 1. The number of amides is 2. The second-order valence-corrected chi connectivity index (χ2v) is 9.33. The first kappa shape index (κ1) is 24.1. The minimum Gasteiger partial charge on any atom is -0.468 e. The maximum absolute atomic E-state index is 12.8. The number of benzene rings is 2. The minimum atomic E-state index is -0.717. The van der Waals surface area contributed by atoms with Crippen molar-refractivity contribution in [3.05, 3.63) is 87.8 Å². The maximum atomic E-state index is 12.8. The Labute approximate surface area is 209 Å². The lowest BCUT2D eigenvalue weighted by molar-refractivity contribution is -0.121. The fraction of sp³-hybridized carbons (Fsp3) is 0.167. The second-order valence-electron chi connectivity index (χ2n) is 7.33. The molecule has 1 aliphatic rings. The third-order valence-corrected chi connectivity index (χ3v) is 7.01. The van der Waals surface area contributed by atoms with Crippen molar-refractivity contribution in [2.45, 2.75) is 17.4 Å². The van der Waals surface area contributed by atoms with Crippen LogP contribution in [-0.4, -0.2) is 35.4 Å². The number of ketones is 1. The molecule has 10 heteroatoms. The van der Waals surface area contributed by atoms with Crippen molar-refractivity contribution in [2.24, 2.45) is 0 Å². The summed E-state index contributed by atoms with van der Waals surface area (Å²) in [5.74, 6) is -0.574. The van der Waals surface area contributed by atoms with Crippen molar-refractivity contribution in [3.63, 3.8) is 0 Å². The first-order valence-corrected chi connectivity index (χ1v) is 11.9. The average molecular weight is 518 g/mol. The van der Waals surface area contributed by atoms with Crippen molar-refractivity contribution in [1.82, 2.24) is 0 Å². The lowest BCUT2D eigenvalue weighted by atomic mass is 10.1. The van der Waals surface area contributed by atoms with Crippen LogP contribution in [0.2, 0.25) is 10.0 Å². The summed E-state index contributed by atoms with van der Waals surface area (Å²) in [7, 11) is 0. The third-order valence-electron chi connectivity index (χ3n) is 5.05. The van der Waals surface area contributed by atoms with Gasteiger partial charge in [-0.25, -0.2) is 9.69 Å². The van der Waals surface area contributed by atoms with Crippen LogP contribution >= 0.6 is 35.0 Å². The number of nitrogens with zero attached hydrogens (tertiary/aromatic N) is 1. The molecule has 2 heterocycles. The van der Waals surface area contributed by atoms with Gasteiger partial charge in [0.05, 0.1) is 38.6 Å². The number of rotatable bonds is 8. The fourth-order valence-electron chi connectivity index (χ4n) is 3.30. The fourth-order valence-corrected chi connectivity index (χ4v) is 4.63. The molecule has 0 saturated carbocycles. The smallest absolute Gasteiger partial charge is 0.338 e. The lowest BCUT2D eigenvalue weighted by Gasteiger charge is -2.15. The van der Waals surface area contributed by atoms with Crippen LogP contribution in [0.1, 0.15) is 32.9 Å². The molecular formula is C24H17Cl2NO6S. The molecule has 34 heavy (non-hydrogen) atoms. The van der Waals surface area contributed by atoms with E-state index in [9.17, 15) is 19.2 Å². The summed E-state index contributed by atoms with van der Waals surface area (Å²) in [6.45, 7) is -0.476. The first-order chi connectivity index (χ1) is 16.3. The van der Waals surface area contributed by atoms with Gasteiger partial charge in [0, 0.05) is 12.0 Å². The number of anilines is 1. The van der Waals surface area contributed by atoms with E-state index in [2.05, 4.69) is 0 Å². The van der Waals surface area contributed by atoms with Crippen LogP contribution in [0.4, 0.5) is 5.69 Å². The monoisotopic (exact) mass is 517 g/mol. The molecule has 1 saturated heterocycles. The van der Waals surface area contributed by atoms with Crippen LogP contribution in [0.5, 0.6) is 0 Å². The Balaban J connectivity index is 1.35. The Kier molecular flexibility index (Phi) is 7.41. The molecule has 0 N–H and O–H groups in total. The summed E-state index contributed by atoms with van der Waals surface area (Å²) >= 11 is 13.1. The zero-order chi connectivity index (χ0) is 24.2. The van der Waals surface area contributed by atoms with Gasteiger partial charge in [0.25, 0.3) is 0 Å². The minimum absolute atomic E-state index is 0.0881. The highest BCUT2D eigenvalue weighted by atomic mass is 35.5. The molecule has 2 aromatic carbocycles. The molecule has 2 amide bonds. The number of ether oxygens (including phenoxy) is 1. The summed E-state index contributed by atoms with van der Waals surface area (Å²) in [4.78, 5) is 50.9. The Morgan fingerprint density at radius 2 is 1.76 bits per heavy atom. The Morgan fingerprint density at radius 1 is 1.03 bits per heavy atom. The molecule has 174 valence electrons. The molecule has 4 rings (SSSR count). The van der Waals surface area contributed by atoms with Crippen molar-refractivity contribution in [2.75, 3.05) is 11.5 Å². The number of hydrogen-bond acceptors (Lipinski definition) is 7. The number of halogens is 2. The van der Waals surface area contributed by atoms with Gasteiger partial charge in [0.1, 0.15) is 5.76 Å². The largest absolute Gasteiger partial charge is 0.468 e. The van der Waals surface area contributed by atoms with Gasteiger partial charge in [-0.3, -0.25) is 14.4 Å².